The SMILES string of the molecule is N#Cc1cccc(NC(=O)CS(=O)(=O)Cc2nc(-c3ccccc3)no2)c1. The van der Waals surface area contributed by atoms with Crippen molar-refractivity contribution in [1.82, 2.24) is 10.1 Å². The molecule has 0 unspecified atom stereocenters. The number of benzene rings is 2. The first kappa shape index (κ1) is 18.3. The fraction of sp³-hybridized carbons (Fsp3) is 0.111. The molecule has 0 saturated carbocycles. The summed E-state index contributed by atoms with van der Waals surface area (Å²) in [6, 6.07) is 17.1. The molecule has 3 aromatic rings. The van der Waals surface area contributed by atoms with Gasteiger partial charge in [0.15, 0.2) is 9.84 Å². The molecule has 0 spiro atoms. The van der Waals surface area contributed by atoms with E-state index in [2.05, 4.69) is 15.5 Å². The number of carbonyl (C=O) groups excluding carboxylic acids is 1. The predicted molar refractivity (Wildman–Crippen MR) is 97.0 cm³/mol. The smallest absolute Gasteiger partial charge is 0.242 e. The number of nitriles is 1. The number of nitrogens with one attached hydrogen (secondary N) is 1. The third-order valence-electron chi connectivity index (χ3n) is 3.47. The molecular formula is C18H14N4O4S. The highest BCUT2D eigenvalue weighted by Crippen LogP contribution is 2.16. The molecule has 8 nitrogen and oxygen atoms in total. The van der Waals surface area contributed by atoms with E-state index in [1.165, 1.54) is 6.07 Å². The van der Waals surface area contributed by atoms with Crippen LogP contribution in [0.15, 0.2) is 59.1 Å². The molecule has 0 aliphatic rings. The molecule has 1 N–H and O–H groups in total. The Morgan fingerprint density at radius 3 is 2.67 bits per heavy atom. The van der Waals surface area contributed by atoms with Gasteiger partial charge in [0.1, 0.15) is 11.5 Å². The average molecular weight is 382 g/mol. The Hall–Kier alpha value is -3.51. The summed E-state index contributed by atoms with van der Waals surface area (Å²) in [5.41, 5.74) is 1.40. The molecule has 27 heavy (non-hydrogen) atoms. The van der Waals surface area contributed by atoms with Crippen molar-refractivity contribution in [2.75, 3.05) is 11.1 Å². The Morgan fingerprint density at radius 1 is 1.15 bits per heavy atom. The molecule has 3 rings (SSSR count). The van der Waals surface area contributed by atoms with Crippen LogP contribution in [0.3, 0.4) is 0 Å². The maximum atomic E-state index is 12.2. The number of hydrogen-bond acceptors (Lipinski definition) is 7. The van der Waals surface area contributed by atoms with Gasteiger partial charge in [-0.1, -0.05) is 41.6 Å². The van der Waals surface area contributed by atoms with E-state index < -0.39 is 27.3 Å². The molecule has 0 aliphatic heterocycles. The summed E-state index contributed by atoms with van der Waals surface area (Å²) in [5.74, 6) is -1.81. The maximum absolute atomic E-state index is 12.2. The Morgan fingerprint density at radius 2 is 1.93 bits per heavy atom. The van der Waals surface area contributed by atoms with Crippen LogP contribution in [0.5, 0.6) is 0 Å². The van der Waals surface area contributed by atoms with Crippen LogP contribution >= 0.6 is 0 Å². The number of anilines is 1. The topological polar surface area (TPSA) is 126 Å². The first-order chi connectivity index (χ1) is 12.9. The van der Waals surface area contributed by atoms with Gasteiger partial charge in [-0.2, -0.15) is 10.2 Å². The molecule has 136 valence electrons. The molecule has 0 atom stereocenters. The van der Waals surface area contributed by atoms with Gasteiger partial charge in [0.25, 0.3) is 0 Å². The van der Waals surface area contributed by atoms with Crippen LogP contribution in [-0.4, -0.2) is 30.2 Å². The van der Waals surface area contributed by atoms with Gasteiger partial charge >= 0.3 is 0 Å². The van der Waals surface area contributed by atoms with E-state index in [1.54, 1.807) is 42.5 Å². The summed E-state index contributed by atoms with van der Waals surface area (Å²) in [4.78, 5) is 16.1. The van der Waals surface area contributed by atoms with Crippen LogP contribution in [-0.2, 0) is 20.4 Å². The fourth-order valence-corrected chi connectivity index (χ4v) is 3.39. The summed E-state index contributed by atoms with van der Waals surface area (Å²) in [6.45, 7) is 0. The van der Waals surface area contributed by atoms with Gasteiger partial charge in [-0.3, -0.25) is 4.79 Å². The van der Waals surface area contributed by atoms with Gasteiger partial charge in [-0.25, -0.2) is 8.42 Å². The van der Waals surface area contributed by atoms with E-state index in [0.29, 0.717) is 16.8 Å². The van der Waals surface area contributed by atoms with Gasteiger partial charge in [0.05, 0.1) is 11.6 Å². The molecule has 0 bridgehead atoms. The highest BCUT2D eigenvalue weighted by atomic mass is 32.2. The zero-order valence-corrected chi connectivity index (χ0v) is 14.8. The van der Waals surface area contributed by atoms with Crippen molar-refractivity contribution >= 4 is 21.4 Å². The molecule has 0 radical (unpaired) electrons. The molecule has 0 fully saturated rings. The second-order valence-electron chi connectivity index (χ2n) is 5.65. The van der Waals surface area contributed by atoms with Crippen molar-refractivity contribution in [2.45, 2.75) is 5.75 Å². The van der Waals surface area contributed by atoms with E-state index in [1.807, 2.05) is 12.1 Å². The van der Waals surface area contributed by atoms with Gasteiger partial charge in [0, 0.05) is 11.3 Å². The van der Waals surface area contributed by atoms with Crippen molar-refractivity contribution in [1.29, 1.82) is 5.26 Å². The lowest BCUT2D eigenvalue weighted by molar-refractivity contribution is -0.113. The largest absolute Gasteiger partial charge is 0.338 e. The third-order valence-corrected chi connectivity index (χ3v) is 4.86. The van der Waals surface area contributed by atoms with Gasteiger partial charge < -0.3 is 9.84 Å². The normalized spacial score (nSPS) is 10.9. The van der Waals surface area contributed by atoms with Crippen molar-refractivity contribution in [3.8, 4) is 17.5 Å². The summed E-state index contributed by atoms with van der Waals surface area (Å²) in [6.07, 6.45) is 0. The van der Waals surface area contributed by atoms with Crippen molar-refractivity contribution in [3.05, 3.63) is 66.1 Å². The minimum absolute atomic E-state index is 0.0897. The second-order valence-corrected chi connectivity index (χ2v) is 7.72. The molecule has 9 heteroatoms. The lowest BCUT2D eigenvalue weighted by Gasteiger charge is -2.05. The highest BCUT2D eigenvalue weighted by molar-refractivity contribution is 7.91. The summed E-state index contributed by atoms with van der Waals surface area (Å²) in [5, 5.41) is 15.1. The van der Waals surface area contributed by atoms with Crippen LogP contribution in [0.1, 0.15) is 11.5 Å². The van der Waals surface area contributed by atoms with E-state index in [9.17, 15) is 13.2 Å². The molecule has 1 amide bonds. The predicted octanol–water partition coefficient (Wildman–Crippen LogP) is 2.16. The summed E-state index contributed by atoms with van der Waals surface area (Å²) < 4.78 is 29.4. The quantitative estimate of drug-likeness (QED) is 0.692. The van der Waals surface area contributed by atoms with Crippen LogP contribution in [0.25, 0.3) is 11.4 Å². The Bertz CT molecular complexity index is 1100. The summed E-state index contributed by atoms with van der Waals surface area (Å²) in [7, 11) is -3.81. The molecule has 0 saturated heterocycles. The highest BCUT2D eigenvalue weighted by Gasteiger charge is 2.21. The molecule has 1 aromatic heterocycles. The maximum Gasteiger partial charge on any atom is 0.242 e. The average Bonchev–Trinajstić information content (AvgIpc) is 3.09. The lowest BCUT2D eigenvalue weighted by atomic mass is 10.2. The Kier molecular flexibility index (Phi) is 5.28. The minimum atomic E-state index is -3.81. The molecule has 0 aliphatic carbocycles. The second kappa shape index (κ2) is 7.80. The minimum Gasteiger partial charge on any atom is -0.338 e. The summed E-state index contributed by atoms with van der Waals surface area (Å²) >= 11 is 0. The third kappa shape index (κ3) is 4.99. The lowest BCUT2D eigenvalue weighted by Crippen LogP contribution is -2.24. The number of rotatable bonds is 6. The number of sulfone groups is 1. The number of aromatic nitrogens is 2. The monoisotopic (exact) mass is 382 g/mol. The zero-order chi connectivity index (χ0) is 19.3. The number of carbonyl (C=O) groups is 1. The van der Waals surface area contributed by atoms with Crippen LogP contribution in [0.4, 0.5) is 5.69 Å². The Balaban J connectivity index is 1.64. The number of hydrogen-bond donors (Lipinski definition) is 1. The standard InChI is InChI=1S/C18H14N4O4S/c19-10-13-5-4-8-15(9-13)20-16(23)11-27(24,25)12-17-21-18(22-26-17)14-6-2-1-3-7-14/h1-9H,11-12H2,(H,20,23). The van der Waals surface area contributed by atoms with Crippen molar-refractivity contribution in [2.24, 2.45) is 0 Å². The zero-order valence-electron chi connectivity index (χ0n) is 14.0. The van der Waals surface area contributed by atoms with Crippen molar-refractivity contribution < 1.29 is 17.7 Å². The van der Waals surface area contributed by atoms with Crippen LogP contribution in [0.2, 0.25) is 0 Å². The van der Waals surface area contributed by atoms with Gasteiger partial charge in [-0.15, -0.1) is 0 Å². The first-order valence-corrected chi connectivity index (χ1v) is 9.66. The Labute approximate surface area is 155 Å². The van der Waals surface area contributed by atoms with E-state index in [0.717, 1.165) is 0 Å². The van der Waals surface area contributed by atoms with E-state index in [-0.39, 0.29) is 11.7 Å². The van der Waals surface area contributed by atoms with Crippen molar-refractivity contribution in [3.63, 3.8) is 0 Å². The van der Waals surface area contributed by atoms with Gasteiger partial charge in [0.2, 0.25) is 17.6 Å². The number of amides is 1. The molecule has 1 heterocycles. The van der Waals surface area contributed by atoms with Crippen LogP contribution < -0.4 is 5.32 Å². The molecule has 2 aromatic carbocycles. The van der Waals surface area contributed by atoms with Crippen LogP contribution in [0, 0.1) is 11.3 Å². The van der Waals surface area contributed by atoms with E-state index >= 15 is 0 Å². The fourth-order valence-electron chi connectivity index (χ4n) is 2.32. The van der Waals surface area contributed by atoms with E-state index in [4.69, 9.17) is 9.78 Å². The molecular weight excluding hydrogens is 368 g/mol. The number of nitrogens with zero attached hydrogens (tertiary/aromatic N) is 3. The first-order valence-electron chi connectivity index (χ1n) is 7.84. The van der Waals surface area contributed by atoms with Gasteiger partial charge in [-0.05, 0) is 18.2 Å².